The zero-order valence-electron chi connectivity index (χ0n) is 14.4. The summed E-state index contributed by atoms with van der Waals surface area (Å²) in [6, 6.07) is 0. The average molecular weight is 432 g/mol. The van der Waals surface area contributed by atoms with Crippen molar-refractivity contribution < 1.29 is 0 Å². The van der Waals surface area contributed by atoms with E-state index in [1.165, 1.54) is 25.7 Å². The Morgan fingerprint density at radius 1 is 1.30 bits per heavy atom. The molecular formula is C16H29IN6. The van der Waals surface area contributed by atoms with Crippen molar-refractivity contribution >= 4 is 29.9 Å². The van der Waals surface area contributed by atoms with E-state index in [4.69, 9.17) is 0 Å². The van der Waals surface area contributed by atoms with Crippen LogP contribution in [0.15, 0.2) is 16.6 Å². The normalized spacial score (nSPS) is 14.9. The molecule has 23 heavy (non-hydrogen) atoms. The van der Waals surface area contributed by atoms with E-state index in [-0.39, 0.29) is 24.0 Å². The Labute approximate surface area is 156 Å². The van der Waals surface area contributed by atoms with Crippen LogP contribution in [0.4, 0.5) is 0 Å². The molecule has 2 N–H and O–H groups in total. The Kier molecular flexibility index (Phi) is 9.20. The van der Waals surface area contributed by atoms with Crippen LogP contribution in [0, 0.1) is 6.92 Å². The van der Waals surface area contributed by atoms with Gasteiger partial charge in [-0.25, -0.2) is 4.99 Å². The van der Waals surface area contributed by atoms with Gasteiger partial charge in [0.25, 0.3) is 0 Å². The minimum Gasteiger partial charge on any atom is -0.357 e. The van der Waals surface area contributed by atoms with Crippen LogP contribution in [-0.4, -0.2) is 33.8 Å². The molecule has 0 aliphatic heterocycles. The second kappa shape index (κ2) is 10.6. The molecule has 0 radical (unpaired) electrons. The third-order valence-corrected chi connectivity index (χ3v) is 4.03. The van der Waals surface area contributed by atoms with Gasteiger partial charge in [0.2, 0.25) is 0 Å². The molecule has 0 amide bonds. The average Bonchev–Trinajstić information content (AvgIpc) is 2.85. The monoisotopic (exact) mass is 432 g/mol. The number of nitrogens with zero attached hydrogens (tertiary/aromatic N) is 4. The second-order valence-corrected chi connectivity index (χ2v) is 5.70. The fourth-order valence-corrected chi connectivity index (χ4v) is 2.55. The van der Waals surface area contributed by atoms with E-state index in [1.807, 2.05) is 18.5 Å². The van der Waals surface area contributed by atoms with Crippen molar-refractivity contribution in [3.05, 3.63) is 23.3 Å². The Bertz CT molecular complexity index is 535. The van der Waals surface area contributed by atoms with Crippen LogP contribution in [0.3, 0.4) is 0 Å². The van der Waals surface area contributed by atoms with Crippen molar-refractivity contribution in [3.63, 3.8) is 0 Å². The van der Waals surface area contributed by atoms with Gasteiger partial charge >= 0.3 is 0 Å². The molecule has 1 aromatic rings. The number of hydrogen-bond donors (Lipinski definition) is 2. The highest BCUT2D eigenvalue weighted by Crippen LogP contribution is 2.19. The number of aryl methyl sites for hydroxylation is 1. The Balaban J connectivity index is 0.00000264. The Morgan fingerprint density at radius 3 is 2.74 bits per heavy atom. The lowest BCUT2D eigenvalue weighted by atomic mass is 9.97. The summed E-state index contributed by atoms with van der Waals surface area (Å²) in [5.41, 5.74) is 1.58. The van der Waals surface area contributed by atoms with Crippen LogP contribution in [0.25, 0.3) is 0 Å². The molecule has 0 fully saturated rings. The number of rotatable bonds is 6. The summed E-state index contributed by atoms with van der Waals surface area (Å²) in [6.07, 6.45) is 8.69. The SMILES string of the molecule is CCNC(=NCc1nnc(C)n1C)NCCC1=CCCCC1.I. The van der Waals surface area contributed by atoms with Crippen molar-refractivity contribution in [3.8, 4) is 0 Å². The lowest BCUT2D eigenvalue weighted by Crippen LogP contribution is -2.38. The topological polar surface area (TPSA) is 67.1 Å². The highest BCUT2D eigenvalue weighted by molar-refractivity contribution is 14.0. The van der Waals surface area contributed by atoms with E-state index in [9.17, 15) is 0 Å². The first-order valence-corrected chi connectivity index (χ1v) is 8.25. The van der Waals surface area contributed by atoms with Crippen molar-refractivity contribution in [2.75, 3.05) is 13.1 Å². The van der Waals surface area contributed by atoms with Gasteiger partial charge in [-0.2, -0.15) is 0 Å². The van der Waals surface area contributed by atoms with Gasteiger partial charge in [0.15, 0.2) is 11.8 Å². The maximum atomic E-state index is 4.59. The summed E-state index contributed by atoms with van der Waals surface area (Å²) >= 11 is 0. The van der Waals surface area contributed by atoms with E-state index < -0.39 is 0 Å². The molecule has 0 saturated heterocycles. The maximum Gasteiger partial charge on any atom is 0.191 e. The van der Waals surface area contributed by atoms with Crippen LogP contribution < -0.4 is 10.6 Å². The van der Waals surface area contributed by atoms with Gasteiger partial charge < -0.3 is 15.2 Å². The first kappa shape index (κ1) is 19.9. The Morgan fingerprint density at radius 2 is 2.13 bits per heavy atom. The summed E-state index contributed by atoms with van der Waals surface area (Å²) in [7, 11) is 1.97. The van der Waals surface area contributed by atoms with E-state index in [1.54, 1.807) is 5.57 Å². The highest BCUT2D eigenvalue weighted by Gasteiger charge is 2.06. The first-order valence-electron chi connectivity index (χ1n) is 8.25. The van der Waals surface area contributed by atoms with Crippen molar-refractivity contribution in [1.29, 1.82) is 0 Å². The molecule has 6 nitrogen and oxygen atoms in total. The smallest absolute Gasteiger partial charge is 0.191 e. The van der Waals surface area contributed by atoms with Crippen LogP contribution in [0.1, 0.15) is 50.7 Å². The van der Waals surface area contributed by atoms with Crippen molar-refractivity contribution in [2.24, 2.45) is 12.0 Å². The molecule has 1 aromatic heterocycles. The number of hydrogen-bond acceptors (Lipinski definition) is 3. The molecular weight excluding hydrogens is 403 g/mol. The molecule has 1 aliphatic rings. The summed E-state index contributed by atoms with van der Waals surface area (Å²) in [5.74, 6) is 2.64. The van der Waals surface area contributed by atoms with Gasteiger partial charge in [0.1, 0.15) is 12.4 Å². The Hall–Kier alpha value is -1.12. The molecule has 7 heteroatoms. The molecule has 0 saturated carbocycles. The number of aromatic nitrogens is 3. The van der Waals surface area contributed by atoms with Gasteiger partial charge in [0, 0.05) is 20.1 Å². The maximum absolute atomic E-state index is 4.59. The van der Waals surface area contributed by atoms with Gasteiger partial charge in [-0.1, -0.05) is 11.6 Å². The van der Waals surface area contributed by atoms with E-state index in [0.717, 1.165) is 37.1 Å². The summed E-state index contributed by atoms with van der Waals surface area (Å²) in [6.45, 7) is 6.34. The molecule has 0 atom stereocenters. The molecule has 1 aliphatic carbocycles. The summed E-state index contributed by atoms with van der Waals surface area (Å²) < 4.78 is 1.97. The molecule has 130 valence electrons. The lowest BCUT2D eigenvalue weighted by molar-refractivity contribution is 0.665. The fourth-order valence-electron chi connectivity index (χ4n) is 2.55. The summed E-state index contributed by atoms with van der Waals surface area (Å²) in [5, 5.41) is 14.9. The molecule has 0 spiro atoms. The molecule has 1 heterocycles. The van der Waals surface area contributed by atoms with Crippen LogP contribution >= 0.6 is 24.0 Å². The van der Waals surface area contributed by atoms with Crippen LogP contribution in [0.2, 0.25) is 0 Å². The van der Waals surface area contributed by atoms with Gasteiger partial charge in [-0.3, -0.25) is 0 Å². The minimum absolute atomic E-state index is 0. The molecule has 0 aromatic carbocycles. The van der Waals surface area contributed by atoms with Gasteiger partial charge in [-0.15, -0.1) is 34.2 Å². The predicted molar refractivity (Wildman–Crippen MR) is 105 cm³/mol. The van der Waals surface area contributed by atoms with Crippen molar-refractivity contribution in [1.82, 2.24) is 25.4 Å². The van der Waals surface area contributed by atoms with Gasteiger partial charge in [0.05, 0.1) is 0 Å². The zero-order chi connectivity index (χ0) is 15.8. The third kappa shape index (κ3) is 6.48. The number of halogens is 1. The number of aliphatic imine (C=N–C) groups is 1. The van der Waals surface area contributed by atoms with Crippen molar-refractivity contribution in [2.45, 2.75) is 52.5 Å². The highest BCUT2D eigenvalue weighted by atomic mass is 127. The van der Waals surface area contributed by atoms with E-state index >= 15 is 0 Å². The van der Waals surface area contributed by atoms with E-state index in [2.05, 4.69) is 38.8 Å². The second-order valence-electron chi connectivity index (χ2n) is 5.70. The lowest BCUT2D eigenvalue weighted by Gasteiger charge is -2.15. The standard InChI is InChI=1S/C16H28N6.HI/c1-4-17-16(18-11-10-14-8-6-5-7-9-14)19-12-15-21-20-13(2)22(15)3;/h8H,4-7,9-12H2,1-3H3,(H2,17,18,19);1H. The minimum atomic E-state index is 0. The first-order chi connectivity index (χ1) is 10.7. The fraction of sp³-hybridized carbons (Fsp3) is 0.688. The van der Waals surface area contributed by atoms with Crippen LogP contribution in [-0.2, 0) is 13.6 Å². The number of guanidine groups is 1. The number of nitrogens with one attached hydrogen (secondary N) is 2. The predicted octanol–water partition coefficient (Wildman–Crippen LogP) is 2.69. The molecule has 0 bridgehead atoms. The van der Waals surface area contributed by atoms with Crippen LogP contribution in [0.5, 0.6) is 0 Å². The zero-order valence-corrected chi connectivity index (χ0v) is 16.8. The van der Waals surface area contributed by atoms with E-state index in [0.29, 0.717) is 6.54 Å². The third-order valence-electron chi connectivity index (χ3n) is 4.03. The largest absolute Gasteiger partial charge is 0.357 e. The molecule has 0 unspecified atom stereocenters. The molecule has 2 rings (SSSR count). The number of allylic oxidation sites excluding steroid dienone is 1. The summed E-state index contributed by atoms with van der Waals surface area (Å²) in [4.78, 5) is 4.59. The quantitative estimate of drug-likeness (QED) is 0.314. The van der Waals surface area contributed by atoms with Gasteiger partial charge in [-0.05, 0) is 46.0 Å².